The summed E-state index contributed by atoms with van der Waals surface area (Å²) in [5, 5.41) is 7.05. The van der Waals surface area contributed by atoms with Gasteiger partial charge in [-0.2, -0.15) is 0 Å². The molecule has 188 valence electrons. The molecule has 1 aliphatic heterocycles. The fraction of sp³-hybridized carbons (Fsp3) is 0.308. The number of amides is 3. The number of aromatic nitrogens is 1. The molecule has 2 aromatic carbocycles. The number of nitrogens with zero attached hydrogens (tertiary/aromatic N) is 2. The summed E-state index contributed by atoms with van der Waals surface area (Å²) in [7, 11) is 0. The number of ether oxygens (including phenoxy) is 1. The monoisotopic (exact) mass is 509 g/mol. The number of carbonyl (C=O) groups excluding carboxylic acids is 3. The van der Waals surface area contributed by atoms with Gasteiger partial charge in [0, 0.05) is 30.0 Å². The van der Waals surface area contributed by atoms with E-state index in [0.717, 1.165) is 16.5 Å². The average molecular weight is 510 g/mol. The smallest absolute Gasteiger partial charge is 0.412 e. The molecule has 1 saturated heterocycles. The molecule has 0 aliphatic carbocycles. The van der Waals surface area contributed by atoms with E-state index in [-0.39, 0.29) is 31.5 Å². The second kappa shape index (κ2) is 11.4. The van der Waals surface area contributed by atoms with Gasteiger partial charge in [-0.3, -0.25) is 14.9 Å². The normalized spacial score (nSPS) is 14.8. The van der Waals surface area contributed by atoms with Crippen LogP contribution in [0.4, 0.5) is 10.6 Å². The lowest BCUT2D eigenvalue weighted by Gasteiger charge is -2.40. The van der Waals surface area contributed by atoms with Gasteiger partial charge < -0.3 is 20.7 Å². The molecule has 4 N–H and O–H groups in total. The highest BCUT2D eigenvalue weighted by Crippen LogP contribution is 2.33. The van der Waals surface area contributed by atoms with E-state index in [1.54, 1.807) is 17.0 Å². The third-order valence-corrected chi connectivity index (χ3v) is 6.80. The van der Waals surface area contributed by atoms with E-state index in [1.807, 2.05) is 48.5 Å². The first-order valence-corrected chi connectivity index (χ1v) is 12.1. The Hall–Kier alpha value is -3.69. The minimum absolute atomic E-state index is 0.0939. The summed E-state index contributed by atoms with van der Waals surface area (Å²) >= 11 is 6.22. The second-order valence-electron chi connectivity index (χ2n) is 8.73. The molecule has 3 aromatic rings. The van der Waals surface area contributed by atoms with E-state index in [4.69, 9.17) is 22.1 Å². The lowest BCUT2D eigenvalue weighted by atomic mass is 9.78. The number of nitrogens with one attached hydrogen (secondary N) is 2. The first kappa shape index (κ1) is 25.4. The number of likely N-dealkylation sites (tertiary alicyclic amines) is 1. The van der Waals surface area contributed by atoms with Gasteiger partial charge in [-0.25, -0.2) is 9.78 Å². The standard InChI is InChI=1S/C26H28ClN5O4/c27-20-7-3-1-6-19(20)16-29-24(34)26(11-13-32(14-12-26)23(33)15-28)17-36-25(35)31-22-10-9-18-5-2-4-8-21(18)30-22/h1-10H,11-17,28H2,(H,29,34)(H,30,31,35). The molecule has 0 spiro atoms. The molecule has 0 radical (unpaired) electrons. The van der Waals surface area contributed by atoms with Gasteiger partial charge in [0.25, 0.3) is 0 Å². The summed E-state index contributed by atoms with van der Waals surface area (Å²) in [5.74, 6) is -0.0979. The maximum Gasteiger partial charge on any atom is 0.412 e. The van der Waals surface area contributed by atoms with Crippen molar-refractivity contribution >= 4 is 46.2 Å². The summed E-state index contributed by atoms with van der Waals surface area (Å²) < 4.78 is 5.51. The minimum Gasteiger partial charge on any atom is -0.448 e. The number of nitrogens with two attached hydrogens (primary N) is 1. The van der Waals surface area contributed by atoms with Crippen LogP contribution in [0.1, 0.15) is 18.4 Å². The van der Waals surface area contributed by atoms with E-state index in [1.165, 1.54) is 0 Å². The molecule has 36 heavy (non-hydrogen) atoms. The van der Waals surface area contributed by atoms with E-state index >= 15 is 0 Å². The third-order valence-electron chi connectivity index (χ3n) is 6.43. The van der Waals surface area contributed by atoms with Crippen LogP contribution >= 0.6 is 11.6 Å². The number of rotatable bonds is 7. The lowest BCUT2D eigenvalue weighted by Crippen LogP contribution is -2.53. The third kappa shape index (κ3) is 5.92. The molecule has 2 heterocycles. The molecule has 1 aliphatic rings. The molecule has 0 unspecified atom stereocenters. The highest BCUT2D eigenvalue weighted by Gasteiger charge is 2.43. The molecule has 9 nitrogen and oxygen atoms in total. The predicted octanol–water partition coefficient (Wildman–Crippen LogP) is 3.32. The Morgan fingerprint density at radius 3 is 2.50 bits per heavy atom. The van der Waals surface area contributed by atoms with Gasteiger partial charge in [-0.05, 0) is 42.7 Å². The van der Waals surface area contributed by atoms with Gasteiger partial charge in [-0.1, -0.05) is 48.0 Å². The molecule has 4 rings (SSSR count). The minimum atomic E-state index is -0.999. The quantitative estimate of drug-likeness (QED) is 0.448. The molecule has 10 heteroatoms. The zero-order chi connectivity index (χ0) is 25.5. The first-order valence-electron chi connectivity index (χ1n) is 11.7. The van der Waals surface area contributed by atoms with Crippen LogP contribution in [0.25, 0.3) is 10.9 Å². The summed E-state index contributed by atoms with van der Waals surface area (Å²) in [6.07, 6.45) is -0.0556. The first-order chi connectivity index (χ1) is 17.4. The molecule has 1 fully saturated rings. The van der Waals surface area contributed by atoms with Gasteiger partial charge in [0.15, 0.2) is 0 Å². The maximum atomic E-state index is 13.4. The fourth-order valence-electron chi connectivity index (χ4n) is 4.23. The van der Waals surface area contributed by atoms with Crippen LogP contribution in [0.3, 0.4) is 0 Å². The Balaban J connectivity index is 1.43. The summed E-state index contributed by atoms with van der Waals surface area (Å²) in [6, 6.07) is 18.3. The Morgan fingerprint density at radius 2 is 1.75 bits per heavy atom. The number of carbonyl (C=O) groups is 3. The van der Waals surface area contributed by atoms with Crippen molar-refractivity contribution in [1.29, 1.82) is 0 Å². The predicted molar refractivity (Wildman–Crippen MR) is 137 cm³/mol. The number of benzene rings is 2. The highest BCUT2D eigenvalue weighted by atomic mass is 35.5. The number of halogens is 1. The van der Waals surface area contributed by atoms with Crippen molar-refractivity contribution in [3.63, 3.8) is 0 Å². The van der Waals surface area contributed by atoms with Crippen LogP contribution in [-0.4, -0.2) is 54.0 Å². The number of hydrogen-bond acceptors (Lipinski definition) is 6. The fourth-order valence-corrected chi connectivity index (χ4v) is 4.44. The van der Waals surface area contributed by atoms with Crippen molar-refractivity contribution < 1.29 is 19.1 Å². The van der Waals surface area contributed by atoms with Gasteiger partial charge in [0.1, 0.15) is 12.4 Å². The molecule has 0 saturated carbocycles. The summed E-state index contributed by atoms with van der Waals surface area (Å²) in [4.78, 5) is 44.0. The number of anilines is 1. The van der Waals surface area contributed by atoms with Crippen LogP contribution in [0.5, 0.6) is 0 Å². The molecule has 3 amide bonds. The largest absolute Gasteiger partial charge is 0.448 e. The van der Waals surface area contributed by atoms with Crippen molar-refractivity contribution in [2.24, 2.45) is 11.1 Å². The topological polar surface area (TPSA) is 127 Å². The van der Waals surface area contributed by atoms with E-state index < -0.39 is 11.5 Å². The number of piperidine rings is 1. The van der Waals surface area contributed by atoms with Crippen molar-refractivity contribution in [3.05, 3.63) is 71.2 Å². The van der Waals surface area contributed by atoms with Crippen LogP contribution in [0.15, 0.2) is 60.7 Å². The average Bonchev–Trinajstić information content (AvgIpc) is 2.91. The van der Waals surface area contributed by atoms with Crippen LogP contribution < -0.4 is 16.4 Å². The van der Waals surface area contributed by atoms with Crippen molar-refractivity contribution in [2.45, 2.75) is 19.4 Å². The highest BCUT2D eigenvalue weighted by molar-refractivity contribution is 6.31. The van der Waals surface area contributed by atoms with Crippen molar-refractivity contribution in [3.8, 4) is 0 Å². The number of para-hydroxylation sites is 1. The maximum absolute atomic E-state index is 13.4. The summed E-state index contributed by atoms with van der Waals surface area (Å²) in [6.45, 7) is 0.674. The number of pyridine rings is 1. The zero-order valence-electron chi connectivity index (χ0n) is 19.7. The zero-order valence-corrected chi connectivity index (χ0v) is 20.5. The molecule has 0 atom stereocenters. The molecular formula is C26H28ClN5O4. The van der Waals surface area contributed by atoms with Crippen molar-refractivity contribution in [1.82, 2.24) is 15.2 Å². The Kier molecular flexibility index (Phi) is 8.02. The van der Waals surface area contributed by atoms with E-state index in [9.17, 15) is 14.4 Å². The number of hydrogen-bond donors (Lipinski definition) is 3. The van der Waals surface area contributed by atoms with Crippen LogP contribution in [-0.2, 0) is 20.9 Å². The van der Waals surface area contributed by atoms with Crippen molar-refractivity contribution in [2.75, 3.05) is 31.6 Å². The van der Waals surface area contributed by atoms with Gasteiger partial charge in [0.05, 0.1) is 17.5 Å². The molecule has 0 bridgehead atoms. The van der Waals surface area contributed by atoms with Gasteiger partial charge >= 0.3 is 6.09 Å². The second-order valence-corrected chi connectivity index (χ2v) is 9.14. The van der Waals surface area contributed by atoms with Gasteiger partial charge in [0.2, 0.25) is 11.8 Å². The SMILES string of the molecule is NCC(=O)N1CCC(COC(=O)Nc2ccc3ccccc3n2)(C(=O)NCc2ccccc2Cl)CC1. The Bertz CT molecular complexity index is 1260. The molecule has 1 aromatic heterocycles. The van der Waals surface area contributed by atoms with E-state index in [2.05, 4.69) is 15.6 Å². The van der Waals surface area contributed by atoms with E-state index in [0.29, 0.717) is 36.8 Å². The lowest BCUT2D eigenvalue weighted by molar-refractivity contribution is -0.142. The Labute approximate surface area is 213 Å². The van der Waals surface area contributed by atoms with Crippen LogP contribution in [0.2, 0.25) is 5.02 Å². The summed E-state index contributed by atoms with van der Waals surface area (Å²) in [5.41, 5.74) is 6.01. The van der Waals surface area contributed by atoms with Crippen LogP contribution in [0, 0.1) is 5.41 Å². The Morgan fingerprint density at radius 1 is 1.03 bits per heavy atom. The number of fused-ring (bicyclic) bond motifs is 1. The van der Waals surface area contributed by atoms with Gasteiger partial charge in [-0.15, -0.1) is 0 Å². The molecular weight excluding hydrogens is 482 g/mol.